The fourth-order valence-electron chi connectivity index (χ4n) is 1.36. The summed E-state index contributed by atoms with van der Waals surface area (Å²) < 4.78 is 38.1. The Balaban J connectivity index is 3.24. The lowest BCUT2D eigenvalue weighted by Crippen LogP contribution is -2.33. The molecule has 0 aromatic heterocycles. The van der Waals surface area contributed by atoms with Gasteiger partial charge in [0.2, 0.25) is 0 Å². The lowest BCUT2D eigenvalue weighted by Gasteiger charge is -2.15. The largest absolute Gasteiger partial charge is 0.507 e. The van der Waals surface area contributed by atoms with E-state index in [4.69, 9.17) is 10.8 Å². The van der Waals surface area contributed by atoms with Gasteiger partial charge in [-0.3, -0.25) is 4.79 Å². The van der Waals surface area contributed by atoms with E-state index in [1.807, 2.05) is 0 Å². The first-order chi connectivity index (χ1) is 8.12. The Kier molecular flexibility index (Phi) is 4.23. The van der Waals surface area contributed by atoms with Gasteiger partial charge in [0.1, 0.15) is 11.8 Å². The normalized spacial score (nSPS) is 13.4. The Bertz CT molecular complexity index is 476. The molecule has 0 heterocycles. The Hall–Kier alpha value is -1.28. The van der Waals surface area contributed by atoms with Crippen LogP contribution in [0, 0.1) is 0 Å². The van der Waals surface area contributed by atoms with Gasteiger partial charge >= 0.3 is 12.1 Å². The van der Waals surface area contributed by atoms with Gasteiger partial charge in [0.05, 0.1) is 10.0 Å². The molecule has 0 fully saturated rings. The Labute approximate surface area is 108 Å². The van der Waals surface area contributed by atoms with Crippen molar-refractivity contribution >= 4 is 21.9 Å². The van der Waals surface area contributed by atoms with Crippen molar-refractivity contribution in [2.24, 2.45) is 5.73 Å². The summed E-state index contributed by atoms with van der Waals surface area (Å²) in [6, 6.07) is 0.108. The van der Waals surface area contributed by atoms with Gasteiger partial charge in [-0.15, -0.1) is 0 Å². The third kappa shape index (κ3) is 3.36. The van der Waals surface area contributed by atoms with E-state index in [0.29, 0.717) is 6.07 Å². The molecule has 0 amide bonds. The number of benzene rings is 1. The van der Waals surface area contributed by atoms with Crippen molar-refractivity contribution in [2.45, 2.75) is 18.6 Å². The molecule has 0 bridgehead atoms. The molecule has 1 atom stereocenters. The van der Waals surface area contributed by atoms with Crippen LogP contribution in [0.5, 0.6) is 5.75 Å². The average Bonchev–Trinajstić information content (AvgIpc) is 2.21. The van der Waals surface area contributed by atoms with Crippen molar-refractivity contribution < 1.29 is 28.2 Å². The van der Waals surface area contributed by atoms with Crippen molar-refractivity contribution in [1.82, 2.24) is 0 Å². The minimum atomic E-state index is -4.69. The molecule has 100 valence electrons. The van der Waals surface area contributed by atoms with Gasteiger partial charge in [-0.2, -0.15) is 13.2 Å². The number of alkyl halides is 3. The maximum Gasteiger partial charge on any atom is 0.416 e. The zero-order valence-corrected chi connectivity index (χ0v) is 10.4. The van der Waals surface area contributed by atoms with Crippen LogP contribution in [0.1, 0.15) is 11.1 Å². The van der Waals surface area contributed by atoms with Gasteiger partial charge in [0.15, 0.2) is 0 Å². The molecule has 0 aliphatic rings. The molecule has 4 nitrogen and oxygen atoms in total. The Morgan fingerprint density at radius 2 is 2.00 bits per heavy atom. The van der Waals surface area contributed by atoms with Crippen LogP contribution in [-0.4, -0.2) is 22.2 Å². The summed E-state index contributed by atoms with van der Waals surface area (Å²) in [5.74, 6) is -1.97. The Morgan fingerprint density at radius 3 is 2.44 bits per heavy atom. The second kappa shape index (κ2) is 5.15. The molecule has 1 unspecified atom stereocenters. The number of phenolic OH excluding ortho intramolecular Hbond substituents is 1. The molecule has 0 saturated carbocycles. The van der Waals surface area contributed by atoms with Crippen LogP contribution in [0.4, 0.5) is 13.2 Å². The van der Waals surface area contributed by atoms with E-state index < -0.39 is 35.9 Å². The number of aromatic hydroxyl groups is 1. The van der Waals surface area contributed by atoms with E-state index in [0.717, 1.165) is 6.07 Å². The van der Waals surface area contributed by atoms with Crippen molar-refractivity contribution in [1.29, 1.82) is 0 Å². The standard InChI is InChI=1S/C10H9BrF3NO3/c11-6-1-4(2-7(15)9(17)18)5(3-8(6)16)10(12,13)14/h1,3,7,16H,2,15H2,(H,17,18). The van der Waals surface area contributed by atoms with Crippen LogP contribution in [0.2, 0.25) is 0 Å². The van der Waals surface area contributed by atoms with E-state index in [-0.39, 0.29) is 10.0 Å². The van der Waals surface area contributed by atoms with Crippen LogP contribution in [0.25, 0.3) is 0 Å². The number of phenols is 1. The summed E-state index contributed by atoms with van der Waals surface area (Å²) in [4.78, 5) is 10.5. The number of hydrogen-bond acceptors (Lipinski definition) is 3. The zero-order valence-electron chi connectivity index (χ0n) is 8.83. The van der Waals surface area contributed by atoms with Gasteiger partial charge in [0.25, 0.3) is 0 Å². The number of carboxylic acid groups (broad SMARTS) is 1. The number of aliphatic carboxylic acids is 1. The monoisotopic (exact) mass is 327 g/mol. The third-order valence-electron chi connectivity index (χ3n) is 2.24. The fraction of sp³-hybridized carbons (Fsp3) is 0.300. The number of carbonyl (C=O) groups is 1. The van der Waals surface area contributed by atoms with Crippen LogP contribution in [0.15, 0.2) is 16.6 Å². The van der Waals surface area contributed by atoms with Crippen molar-refractivity contribution in [3.63, 3.8) is 0 Å². The van der Waals surface area contributed by atoms with Gasteiger partial charge in [-0.05, 0) is 40.0 Å². The molecule has 8 heteroatoms. The fourth-order valence-corrected chi connectivity index (χ4v) is 1.75. The van der Waals surface area contributed by atoms with E-state index in [9.17, 15) is 23.1 Å². The van der Waals surface area contributed by atoms with Gasteiger partial charge in [-0.25, -0.2) is 0 Å². The van der Waals surface area contributed by atoms with Crippen LogP contribution < -0.4 is 5.73 Å². The first-order valence-corrected chi connectivity index (χ1v) is 5.49. The molecular formula is C10H9BrF3NO3. The van der Waals surface area contributed by atoms with Crippen LogP contribution >= 0.6 is 15.9 Å². The quantitative estimate of drug-likeness (QED) is 0.794. The predicted molar refractivity (Wildman–Crippen MR) is 60.1 cm³/mol. The molecule has 4 N–H and O–H groups in total. The maximum atomic E-state index is 12.7. The zero-order chi connectivity index (χ0) is 14.1. The molecule has 0 spiro atoms. The van der Waals surface area contributed by atoms with Crippen molar-refractivity contribution in [2.75, 3.05) is 0 Å². The molecule has 1 aromatic rings. The van der Waals surface area contributed by atoms with Crippen molar-refractivity contribution in [3.05, 3.63) is 27.7 Å². The lowest BCUT2D eigenvalue weighted by atomic mass is 10.00. The summed E-state index contributed by atoms with van der Waals surface area (Å²) in [5.41, 5.74) is 3.82. The second-order valence-electron chi connectivity index (χ2n) is 3.61. The highest BCUT2D eigenvalue weighted by molar-refractivity contribution is 9.10. The number of hydrogen-bond donors (Lipinski definition) is 3. The highest BCUT2D eigenvalue weighted by Crippen LogP contribution is 2.37. The summed E-state index contributed by atoms with van der Waals surface area (Å²) >= 11 is 2.87. The molecular weight excluding hydrogens is 319 g/mol. The summed E-state index contributed by atoms with van der Waals surface area (Å²) in [6.45, 7) is 0. The second-order valence-corrected chi connectivity index (χ2v) is 4.46. The smallest absolute Gasteiger partial charge is 0.416 e. The predicted octanol–water partition coefficient (Wildman–Crippen LogP) is 2.13. The molecule has 0 radical (unpaired) electrons. The van der Waals surface area contributed by atoms with Crippen LogP contribution in [0.3, 0.4) is 0 Å². The van der Waals surface area contributed by atoms with Gasteiger partial charge < -0.3 is 15.9 Å². The van der Waals surface area contributed by atoms with E-state index in [1.165, 1.54) is 0 Å². The third-order valence-corrected chi connectivity index (χ3v) is 2.87. The van der Waals surface area contributed by atoms with E-state index in [1.54, 1.807) is 0 Å². The highest BCUT2D eigenvalue weighted by Gasteiger charge is 2.35. The molecule has 1 aromatic carbocycles. The van der Waals surface area contributed by atoms with E-state index in [2.05, 4.69) is 15.9 Å². The maximum absolute atomic E-state index is 12.7. The highest BCUT2D eigenvalue weighted by atomic mass is 79.9. The number of nitrogens with two attached hydrogens (primary N) is 1. The number of carboxylic acids is 1. The first kappa shape index (κ1) is 14.8. The molecule has 1 rings (SSSR count). The summed E-state index contributed by atoms with van der Waals surface area (Å²) in [5, 5.41) is 17.8. The van der Waals surface area contributed by atoms with Crippen LogP contribution in [-0.2, 0) is 17.4 Å². The van der Waals surface area contributed by atoms with Gasteiger partial charge in [-0.1, -0.05) is 0 Å². The SMILES string of the molecule is NC(Cc1cc(Br)c(O)cc1C(F)(F)F)C(=O)O. The molecule has 18 heavy (non-hydrogen) atoms. The average molecular weight is 328 g/mol. The van der Waals surface area contributed by atoms with Gasteiger partial charge in [0, 0.05) is 0 Å². The molecule has 0 aliphatic heterocycles. The van der Waals surface area contributed by atoms with E-state index >= 15 is 0 Å². The minimum Gasteiger partial charge on any atom is -0.507 e. The summed E-state index contributed by atoms with van der Waals surface area (Å²) in [7, 11) is 0. The topological polar surface area (TPSA) is 83.5 Å². The van der Waals surface area contributed by atoms with Crippen molar-refractivity contribution in [3.8, 4) is 5.75 Å². The molecule has 0 aliphatic carbocycles. The number of halogens is 4. The summed E-state index contributed by atoms with van der Waals surface area (Å²) in [6.07, 6.45) is -5.17. The Morgan fingerprint density at radius 1 is 1.44 bits per heavy atom. The lowest BCUT2D eigenvalue weighted by molar-refractivity contribution is -0.140. The number of rotatable bonds is 3. The molecule has 0 saturated heterocycles. The first-order valence-electron chi connectivity index (χ1n) is 4.70. The minimum absolute atomic E-state index is 0.0445.